The molecule has 1 aromatic carbocycles. The van der Waals surface area contributed by atoms with Gasteiger partial charge in [-0.2, -0.15) is 0 Å². The van der Waals surface area contributed by atoms with Crippen molar-refractivity contribution in [2.45, 2.75) is 18.9 Å². The summed E-state index contributed by atoms with van der Waals surface area (Å²) in [5, 5.41) is 6.73. The second-order valence-electron chi connectivity index (χ2n) is 4.95. The third kappa shape index (κ3) is 2.39. The molecule has 1 fully saturated rings. The van der Waals surface area contributed by atoms with Crippen molar-refractivity contribution in [2.75, 3.05) is 5.32 Å². The van der Waals surface area contributed by atoms with Crippen LogP contribution in [-0.2, 0) is 16.6 Å². The molecule has 2 amide bonds. The van der Waals surface area contributed by atoms with E-state index in [1.165, 1.54) is 5.39 Å². The minimum absolute atomic E-state index is 0.194. The predicted molar refractivity (Wildman–Crippen MR) is 85.4 cm³/mol. The summed E-state index contributed by atoms with van der Waals surface area (Å²) >= 11 is 2.29. The molecule has 2 N–H and O–H groups in total. The van der Waals surface area contributed by atoms with Gasteiger partial charge in [-0.05, 0) is 47.2 Å². The summed E-state index contributed by atoms with van der Waals surface area (Å²) < 4.78 is 3.27. The lowest BCUT2D eigenvalue weighted by atomic mass is 10.1. The SMILES string of the molecule is Cn1c(I)cc2ccc(NC3CCC(=O)NC3=O)cc21. The third-order valence-electron chi connectivity index (χ3n) is 3.57. The van der Waals surface area contributed by atoms with Crippen LogP contribution in [0.25, 0.3) is 10.9 Å². The number of aryl methyl sites for hydroxylation is 1. The number of carbonyl (C=O) groups excluding carboxylic acids is 2. The molecule has 0 aliphatic carbocycles. The molecule has 1 unspecified atom stereocenters. The van der Waals surface area contributed by atoms with Gasteiger partial charge < -0.3 is 9.88 Å². The largest absolute Gasteiger partial charge is 0.374 e. The van der Waals surface area contributed by atoms with Crippen molar-refractivity contribution < 1.29 is 9.59 Å². The number of anilines is 1. The molecule has 0 radical (unpaired) electrons. The zero-order valence-electron chi connectivity index (χ0n) is 10.9. The molecule has 5 nitrogen and oxygen atoms in total. The molecule has 6 heteroatoms. The topological polar surface area (TPSA) is 63.1 Å². The van der Waals surface area contributed by atoms with Crippen molar-refractivity contribution in [2.24, 2.45) is 7.05 Å². The molecule has 104 valence electrons. The Morgan fingerprint density at radius 3 is 2.90 bits per heavy atom. The molecule has 1 aromatic heterocycles. The summed E-state index contributed by atoms with van der Waals surface area (Å²) in [6.07, 6.45) is 0.918. The predicted octanol–water partition coefficient (Wildman–Crippen LogP) is 2.00. The van der Waals surface area contributed by atoms with E-state index in [0.29, 0.717) is 12.8 Å². The molecule has 1 saturated heterocycles. The molecular weight excluding hydrogens is 369 g/mol. The first-order valence-electron chi connectivity index (χ1n) is 6.40. The van der Waals surface area contributed by atoms with Gasteiger partial charge in [-0.1, -0.05) is 6.07 Å². The number of rotatable bonds is 2. The number of fused-ring (bicyclic) bond motifs is 1. The number of nitrogens with zero attached hydrogens (tertiary/aromatic N) is 1. The minimum Gasteiger partial charge on any atom is -0.374 e. The first-order chi connectivity index (χ1) is 9.54. The van der Waals surface area contributed by atoms with Gasteiger partial charge in [-0.3, -0.25) is 14.9 Å². The van der Waals surface area contributed by atoms with Crippen molar-refractivity contribution in [3.8, 4) is 0 Å². The zero-order valence-corrected chi connectivity index (χ0v) is 13.1. The van der Waals surface area contributed by atoms with E-state index in [9.17, 15) is 9.59 Å². The maximum atomic E-state index is 11.7. The van der Waals surface area contributed by atoms with Crippen LogP contribution in [0.4, 0.5) is 5.69 Å². The van der Waals surface area contributed by atoms with E-state index >= 15 is 0 Å². The van der Waals surface area contributed by atoms with Gasteiger partial charge >= 0.3 is 0 Å². The number of amides is 2. The summed E-state index contributed by atoms with van der Waals surface area (Å²) in [5.74, 6) is -0.441. The maximum absolute atomic E-state index is 11.7. The highest BCUT2D eigenvalue weighted by Gasteiger charge is 2.26. The van der Waals surface area contributed by atoms with E-state index in [2.05, 4.69) is 43.9 Å². The van der Waals surface area contributed by atoms with Crippen molar-refractivity contribution in [1.82, 2.24) is 9.88 Å². The first-order valence-corrected chi connectivity index (χ1v) is 7.47. The molecule has 1 aliphatic rings. The van der Waals surface area contributed by atoms with Crippen LogP contribution in [0.15, 0.2) is 24.3 Å². The van der Waals surface area contributed by atoms with E-state index in [1.807, 2.05) is 25.2 Å². The Labute approximate surface area is 129 Å². The van der Waals surface area contributed by atoms with Crippen molar-refractivity contribution in [1.29, 1.82) is 0 Å². The molecule has 2 aromatic rings. The van der Waals surface area contributed by atoms with Crippen LogP contribution in [0.2, 0.25) is 0 Å². The number of benzene rings is 1. The number of carbonyl (C=O) groups is 2. The molecule has 2 heterocycles. The van der Waals surface area contributed by atoms with Crippen LogP contribution in [0, 0.1) is 3.70 Å². The second-order valence-corrected chi connectivity index (χ2v) is 6.05. The standard InChI is InChI=1S/C14H14IN3O2/c1-18-11-7-9(3-2-8(11)6-12(18)15)16-10-4-5-13(19)17-14(10)20/h2-3,6-7,10,16H,4-5H2,1H3,(H,17,19,20). The number of halogens is 1. The summed E-state index contributed by atoms with van der Waals surface area (Å²) in [6, 6.07) is 7.80. The number of piperidine rings is 1. The van der Waals surface area contributed by atoms with Crippen molar-refractivity contribution in [3.05, 3.63) is 28.0 Å². The van der Waals surface area contributed by atoms with Gasteiger partial charge in [0.05, 0.1) is 9.22 Å². The van der Waals surface area contributed by atoms with Gasteiger partial charge in [0.15, 0.2) is 0 Å². The second kappa shape index (κ2) is 5.08. The smallest absolute Gasteiger partial charge is 0.249 e. The number of nitrogens with one attached hydrogen (secondary N) is 2. The van der Waals surface area contributed by atoms with E-state index in [1.54, 1.807) is 0 Å². The zero-order chi connectivity index (χ0) is 14.3. The number of aromatic nitrogens is 1. The van der Waals surface area contributed by atoms with Gasteiger partial charge in [-0.15, -0.1) is 0 Å². The lowest BCUT2D eigenvalue weighted by Gasteiger charge is -2.22. The molecule has 20 heavy (non-hydrogen) atoms. The summed E-state index contributed by atoms with van der Waals surface area (Å²) in [4.78, 5) is 22.9. The van der Waals surface area contributed by atoms with E-state index in [-0.39, 0.29) is 17.9 Å². The number of hydrogen-bond donors (Lipinski definition) is 2. The fraction of sp³-hybridized carbons (Fsp3) is 0.286. The van der Waals surface area contributed by atoms with Gasteiger partial charge in [0.25, 0.3) is 0 Å². The number of imide groups is 1. The Morgan fingerprint density at radius 2 is 2.15 bits per heavy atom. The van der Waals surface area contributed by atoms with E-state index in [0.717, 1.165) is 14.9 Å². The highest BCUT2D eigenvalue weighted by Crippen LogP contribution is 2.24. The van der Waals surface area contributed by atoms with Gasteiger partial charge in [0.1, 0.15) is 6.04 Å². The quantitative estimate of drug-likeness (QED) is 0.616. The Bertz CT molecular complexity index is 708. The molecule has 1 atom stereocenters. The van der Waals surface area contributed by atoms with Crippen LogP contribution in [-0.4, -0.2) is 22.4 Å². The van der Waals surface area contributed by atoms with Crippen LogP contribution < -0.4 is 10.6 Å². The van der Waals surface area contributed by atoms with Crippen molar-refractivity contribution >= 4 is 51.0 Å². The fourth-order valence-corrected chi connectivity index (χ4v) is 3.01. The lowest BCUT2D eigenvalue weighted by molar-refractivity contribution is -0.133. The third-order valence-corrected chi connectivity index (χ3v) is 4.60. The maximum Gasteiger partial charge on any atom is 0.249 e. The van der Waals surface area contributed by atoms with Crippen LogP contribution in [0.5, 0.6) is 0 Å². The molecule has 3 rings (SSSR count). The highest BCUT2D eigenvalue weighted by atomic mass is 127. The number of hydrogen-bond acceptors (Lipinski definition) is 3. The summed E-state index contributed by atoms with van der Waals surface area (Å²) in [7, 11) is 2.01. The highest BCUT2D eigenvalue weighted by molar-refractivity contribution is 14.1. The monoisotopic (exact) mass is 383 g/mol. The molecule has 0 bridgehead atoms. The van der Waals surface area contributed by atoms with Crippen LogP contribution >= 0.6 is 22.6 Å². The van der Waals surface area contributed by atoms with Crippen LogP contribution in [0.3, 0.4) is 0 Å². The molecular formula is C14H14IN3O2. The lowest BCUT2D eigenvalue weighted by Crippen LogP contribution is -2.47. The Hall–Kier alpha value is -1.57. The normalized spacial score (nSPS) is 19.2. The summed E-state index contributed by atoms with van der Waals surface area (Å²) in [5.41, 5.74) is 2.01. The van der Waals surface area contributed by atoms with Gasteiger partial charge in [-0.25, -0.2) is 0 Å². The van der Waals surface area contributed by atoms with Gasteiger partial charge in [0.2, 0.25) is 11.8 Å². The molecule has 0 spiro atoms. The van der Waals surface area contributed by atoms with Crippen molar-refractivity contribution in [3.63, 3.8) is 0 Å². The summed E-state index contributed by atoms with van der Waals surface area (Å²) in [6.45, 7) is 0. The molecule has 0 saturated carbocycles. The average Bonchev–Trinajstić information content (AvgIpc) is 2.69. The Balaban J connectivity index is 1.86. The minimum atomic E-state index is -0.343. The van der Waals surface area contributed by atoms with E-state index < -0.39 is 0 Å². The van der Waals surface area contributed by atoms with E-state index in [4.69, 9.17) is 0 Å². The Kier molecular flexibility index (Phi) is 3.41. The molecule has 1 aliphatic heterocycles. The first kappa shape index (κ1) is 13.4. The fourth-order valence-electron chi connectivity index (χ4n) is 2.42. The van der Waals surface area contributed by atoms with Gasteiger partial charge in [0, 0.05) is 24.5 Å². The Morgan fingerprint density at radius 1 is 1.35 bits per heavy atom. The van der Waals surface area contributed by atoms with Crippen LogP contribution in [0.1, 0.15) is 12.8 Å². The average molecular weight is 383 g/mol.